The second-order valence-corrected chi connectivity index (χ2v) is 4.11. The first-order valence-electron chi connectivity index (χ1n) is 5.23. The number of hydrogen-bond acceptors (Lipinski definition) is 3. The molecule has 0 saturated heterocycles. The molecule has 1 aromatic rings. The van der Waals surface area contributed by atoms with Crippen LogP contribution in [-0.2, 0) is 0 Å². The summed E-state index contributed by atoms with van der Waals surface area (Å²) in [5, 5.41) is 8.65. The quantitative estimate of drug-likeness (QED) is 0.660. The van der Waals surface area contributed by atoms with Crippen molar-refractivity contribution in [3.63, 3.8) is 0 Å². The van der Waals surface area contributed by atoms with Gasteiger partial charge in [-0.1, -0.05) is 12.1 Å². The Hall–Kier alpha value is -1.50. The molecule has 4 heteroatoms. The molecule has 0 amide bonds. The van der Waals surface area contributed by atoms with Gasteiger partial charge in [-0.2, -0.15) is 5.26 Å². The molecule has 0 fully saturated rings. The molecule has 2 N–H and O–H groups in total. The van der Waals surface area contributed by atoms with E-state index in [1.165, 1.54) is 0 Å². The van der Waals surface area contributed by atoms with Gasteiger partial charge in [0.25, 0.3) is 0 Å². The van der Waals surface area contributed by atoms with Crippen molar-refractivity contribution in [1.29, 1.82) is 5.26 Å². The Morgan fingerprint density at radius 3 is 2.82 bits per heavy atom. The van der Waals surface area contributed by atoms with E-state index < -0.39 is 5.38 Å². The molecular weight excluding hydrogens is 236 g/mol. The minimum atomic E-state index is -0.453. The maximum atomic E-state index is 9.11. The van der Waals surface area contributed by atoms with Gasteiger partial charge >= 0.3 is 0 Å². The summed E-state index contributed by atoms with van der Waals surface area (Å²) in [5.74, 6) is 0.748. The molecule has 0 aromatic heterocycles. The fourth-order valence-electron chi connectivity index (χ4n) is 1.52. The Morgan fingerprint density at radius 1 is 1.59 bits per heavy atom. The average Bonchev–Trinajstić information content (AvgIpc) is 2.39. The van der Waals surface area contributed by atoms with E-state index in [4.69, 9.17) is 27.3 Å². The molecule has 0 aliphatic rings. The number of nitrogens with two attached hydrogens (primary N) is 1. The number of nitriles is 1. The number of rotatable bonds is 4. The van der Waals surface area contributed by atoms with Crippen molar-refractivity contribution in [2.75, 3.05) is 13.7 Å². The summed E-state index contributed by atoms with van der Waals surface area (Å²) in [6.07, 6.45) is 0. The lowest BCUT2D eigenvalue weighted by atomic mass is 9.99. The Morgan fingerprint density at radius 2 is 2.29 bits per heavy atom. The average molecular weight is 251 g/mol. The van der Waals surface area contributed by atoms with Crippen LogP contribution in [0.5, 0.6) is 5.75 Å². The lowest BCUT2D eigenvalue weighted by Crippen LogP contribution is -2.16. The number of halogens is 1. The molecule has 0 saturated carbocycles. The molecule has 0 spiro atoms. The Balaban J connectivity index is 3.21. The van der Waals surface area contributed by atoms with Gasteiger partial charge in [-0.3, -0.25) is 0 Å². The molecule has 0 radical (unpaired) electrons. The summed E-state index contributed by atoms with van der Waals surface area (Å²) in [7, 11) is 1.60. The van der Waals surface area contributed by atoms with Gasteiger partial charge in [-0.15, -0.1) is 11.6 Å². The van der Waals surface area contributed by atoms with E-state index in [1.807, 2.05) is 31.2 Å². The predicted octanol–water partition coefficient (Wildman–Crippen LogP) is 2.56. The van der Waals surface area contributed by atoms with Crippen LogP contribution >= 0.6 is 11.6 Å². The number of hydrogen-bond donors (Lipinski definition) is 1. The van der Waals surface area contributed by atoms with Crippen LogP contribution in [0.4, 0.5) is 0 Å². The number of alkyl halides is 1. The number of allylic oxidation sites excluding steroid dienone is 1. The SMILES string of the molecule is COc1cccc(/C(C)=C(\C#N)C(Cl)CN)c1. The first-order valence-corrected chi connectivity index (χ1v) is 5.67. The number of methoxy groups -OCH3 is 1. The predicted molar refractivity (Wildman–Crippen MR) is 69.9 cm³/mol. The van der Waals surface area contributed by atoms with Crippen LogP contribution in [0.1, 0.15) is 12.5 Å². The third-order valence-corrected chi connectivity index (χ3v) is 2.94. The van der Waals surface area contributed by atoms with Crippen LogP contribution in [0.25, 0.3) is 5.57 Å². The molecule has 0 aliphatic heterocycles. The first kappa shape index (κ1) is 13.6. The van der Waals surface area contributed by atoms with Gasteiger partial charge in [0.2, 0.25) is 0 Å². The minimum Gasteiger partial charge on any atom is -0.497 e. The fraction of sp³-hybridized carbons (Fsp3) is 0.308. The Bertz CT molecular complexity index is 463. The zero-order valence-electron chi connectivity index (χ0n) is 9.90. The molecule has 3 nitrogen and oxygen atoms in total. The maximum Gasteiger partial charge on any atom is 0.119 e. The molecule has 90 valence electrons. The van der Waals surface area contributed by atoms with E-state index in [0.717, 1.165) is 16.9 Å². The second-order valence-electron chi connectivity index (χ2n) is 3.59. The van der Waals surface area contributed by atoms with E-state index in [1.54, 1.807) is 7.11 Å². The molecule has 1 rings (SSSR count). The van der Waals surface area contributed by atoms with Crippen molar-refractivity contribution in [3.8, 4) is 11.8 Å². The normalized spacial score (nSPS) is 13.6. The number of ether oxygens (including phenoxy) is 1. The van der Waals surface area contributed by atoms with Gasteiger partial charge < -0.3 is 10.5 Å². The Kier molecular flexibility index (Phi) is 5.02. The number of nitrogens with zero attached hydrogens (tertiary/aromatic N) is 1. The molecule has 1 aromatic carbocycles. The summed E-state index contributed by atoms with van der Waals surface area (Å²) in [6, 6.07) is 9.62. The molecule has 0 aliphatic carbocycles. The van der Waals surface area contributed by atoms with Gasteiger partial charge in [0.15, 0.2) is 0 Å². The topological polar surface area (TPSA) is 59.0 Å². The summed E-state index contributed by atoms with van der Waals surface area (Å²) >= 11 is 6.01. The largest absolute Gasteiger partial charge is 0.497 e. The highest BCUT2D eigenvalue weighted by molar-refractivity contribution is 6.23. The van der Waals surface area contributed by atoms with E-state index in [2.05, 4.69) is 6.07 Å². The van der Waals surface area contributed by atoms with Crippen molar-refractivity contribution in [3.05, 3.63) is 35.4 Å². The second kappa shape index (κ2) is 6.29. The van der Waals surface area contributed by atoms with E-state index in [0.29, 0.717) is 5.57 Å². The monoisotopic (exact) mass is 250 g/mol. The molecular formula is C13H15ClN2O. The fourth-order valence-corrected chi connectivity index (χ4v) is 1.73. The highest BCUT2D eigenvalue weighted by Crippen LogP contribution is 2.25. The Labute approximate surface area is 106 Å². The van der Waals surface area contributed by atoms with E-state index >= 15 is 0 Å². The van der Waals surface area contributed by atoms with Gasteiger partial charge in [-0.05, 0) is 30.2 Å². The van der Waals surface area contributed by atoms with Crippen molar-refractivity contribution < 1.29 is 4.74 Å². The molecule has 0 bridgehead atoms. The van der Waals surface area contributed by atoms with Crippen molar-refractivity contribution in [2.45, 2.75) is 12.3 Å². The first-order chi connectivity index (χ1) is 8.13. The van der Waals surface area contributed by atoms with Gasteiger partial charge in [0.1, 0.15) is 5.75 Å². The lowest BCUT2D eigenvalue weighted by molar-refractivity contribution is 0.414. The number of benzene rings is 1. The molecule has 17 heavy (non-hydrogen) atoms. The van der Waals surface area contributed by atoms with E-state index in [9.17, 15) is 0 Å². The van der Waals surface area contributed by atoms with Crippen molar-refractivity contribution in [1.82, 2.24) is 0 Å². The third-order valence-electron chi connectivity index (χ3n) is 2.55. The highest BCUT2D eigenvalue weighted by atomic mass is 35.5. The molecule has 1 unspecified atom stereocenters. The zero-order chi connectivity index (χ0) is 12.8. The summed E-state index contributed by atoms with van der Waals surface area (Å²) in [4.78, 5) is 0. The van der Waals surface area contributed by atoms with Crippen LogP contribution in [-0.4, -0.2) is 19.0 Å². The van der Waals surface area contributed by atoms with Gasteiger partial charge in [-0.25, -0.2) is 0 Å². The van der Waals surface area contributed by atoms with Crippen molar-refractivity contribution in [2.24, 2.45) is 5.73 Å². The standard InChI is InChI=1S/C13H15ClN2O/c1-9(12(7-15)13(14)8-16)10-4-3-5-11(6-10)17-2/h3-6,13H,8,16H2,1-2H3/b12-9+. The summed E-state index contributed by atoms with van der Waals surface area (Å²) in [6.45, 7) is 2.10. The molecule has 0 heterocycles. The zero-order valence-corrected chi connectivity index (χ0v) is 10.7. The van der Waals surface area contributed by atoms with Gasteiger partial charge in [0, 0.05) is 6.54 Å². The summed E-state index contributed by atoms with van der Waals surface area (Å²) in [5.41, 5.74) is 7.73. The van der Waals surface area contributed by atoms with E-state index in [-0.39, 0.29) is 6.54 Å². The smallest absolute Gasteiger partial charge is 0.119 e. The lowest BCUT2D eigenvalue weighted by Gasteiger charge is -2.10. The third kappa shape index (κ3) is 3.23. The van der Waals surface area contributed by atoms with Crippen LogP contribution in [0.2, 0.25) is 0 Å². The minimum absolute atomic E-state index is 0.242. The van der Waals surface area contributed by atoms with Crippen LogP contribution in [0.15, 0.2) is 29.8 Å². The summed E-state index contributed by atoms with van der Waals surface area (Å²) < 4.78 is 5.14. The van der Waals surface area contributed by atoms with Crippen LogP contribution in [0.3, 0.4) is 0 Å². The van der Waals surface area contributed by atoms with Gasteiger partial charge in [0.05, 0.1) is 24.1 Å². The van der Waals surface area contributed by atoms with Crippen LogP contribution < -0.4 is 10.5 Å². The highest BCUT2D eigenvalue weighted by Gasteiger charge is 2.13. The maximum absolute atomic E-state index is 9.11. The van der Waals surface area contributed by atoms with Crippen molar-refractivity contribution >= 4 is 17.2 Å². The molecule has 1 atom stereocenters. The van der Waals surface area contributed by atoms with Crippen LogP contribution in [0, 0.1) is 11.3 Å².